The first-order chi connectivity index (χ1) is 16.5. The van der Waals surface area contributed by atoms with E-state index in [1.807, 2.05) is 0 Å². The van der Waals surface area contributed by atoms with Gasteiger partial charge in [0.15, 0.2) is 5.60 Å². The first-order valence-corrected chi connectivity index (χ1v) is 11.0. The Morgan fingerprint density at radius 1 is 1.03 bits per heavy atom. The summed E-state index contributed by atoms with van der Waals surface area (Å²) >= 11 is 0. The summed E-state index contributed by atoms with van der Waals surface area (Å²) < 4.78 is 5.22. The molecule has 1 spiro atoms. The molecule has 3 heterocycles. The third-order valence-corrected chi connectivity index (χ3v) is 7.99. The zero-order valence-corrected chi connectivity index (χ0v) is 19.6. The van der Waals surface area contributed by atoms with Crippen LogP contribution >= 0.6 is 0 Å². The fourth-order valence-electron chi connectivity index (χ4n) is 6.44. The molecule has 0 radical (unpaired) electrons. The fourth-order valence-corrected chi connectivity index (χ4v) is 6.44. The zero-order valence-electron chi connectivity index (χ0n) is 19.6. The number of nitro benzene ring substituents is 1. The molecule has 0 saturated carbocycles. The van der Waals surface area contributed by atoms with Gasteiger partial charge in [-0.1, -0.05) is 18.2 Å². The van der Waals surface area contributed by atoms with Crippen LogP contribution in [0.25, 0.3) is 0 Å². The summed E-state index contributed by atoms with van der Waals surface area (Å²) in [5, 5.41) is 24.1. The van der Waals surface area contributed by atoms with Crippen LogP contribution in [0, 0.1) is 15.5 Å². The van der Waals surface area contributed by atoms with Crippen LogP contribution in [0.2, 0.25) is 0 Å². The van der Waals surface area contributed by atoms with E-state index >= 15 is 0 Å². The number of nitrogens with zero attached hydrogens (tertiary/aromatic N) is 4. The Hall–Kier alpha value is -3.83. The molecule has 11 nitrogen and oxygen atoms in total. The molecule has 3 unspecified atom stereocenters. The number of fused-ring (bicyclic) bond motifs is 3. The van der Waals surface area contributed by atoms with Gasteiger partial charge in [-0.15, -0.1) is 0 Å². The molecule has 2 amide bonds. The summed E-state index contributed by atoms with van der Waals surface area (Å²) in [7, 11) is 5.76. The first kappa shape index (κ1) is 22.9. The van der Waals surface area contributed by atoms with Gasteiger partial charge < -0.3 is 19.6 Å². The molecule has 35 heavy (non-hydrogen) atoms. The molecule has 5 rings (SSSR count). The lowest BCUT2D eigenvalue weighted by molar-refractivity contribution is -0.385. The van der Waals surface area contributed by atoms with E-state index in [4.69, 9.17) is 4.74 Å². The van der Waals surface area contributed by atoms with Crippen molar-refractivity contribution in [2.75, 3.05) is 44.6 Å². The number of aliphatic hydroxyl groups is 1. The highest BCUT2D eigenvalue weighted by atomic mass is 16.6. The average Bonchev–Trinajstić information content (AvgIpc) is 3.37. The molecule has 0 bridgehead atoms. The lowest BCUT2D eigenvalue weighted by atomic mass is 9.56. The lowest BCUT2D eigenvalue weighted by Crippen LogP contribution is -2.69. The molecule has 2 aromatic rings. The third kappa shape index (κ3) is 2.29. The number of rotatable bonds is 3. The van der Waals surface area contributed by atoms with Gasteiger partial charge in [-0.3, -0.25) is 29.4 Å². The number of carbonyl (C=O) groups is 3. The van der Waals surface area contributed by atoms with E-state index in [2.05, 4.69) is 0 Å². The molecular formula is C24H24N4O7. The van der Waals surface area contributed by atoms with Crippen molar-refractivity contribution < 1.29 is 29.2 Å². The largest absolute Gasteiger partial charge is 0.468 e. The number of hydrogen-bond donors (Lipinski definition) is 1. The molecule has 1 N–H and O–H groups in total. The molecular weight excluding hydrogens is 456 g/mol. The number of hydrogen-bond acceptors (Lipinski definition) is 8. The van der Waals surface area contributed by atoms with Crippen LogP contribution < -0.4 is 9.80 Å². The van der Waals surface area contributed by atoms with Crippen molar-refractivity contribution in [2.45, 2.75) is 17.6 Å². The van der Waals surface area contributed by atoms with Gasteiger partial charge in [0.1, 0.15) is 11.0 Å². The second-order valence-corrected chi connectivity index (χ2v) is 9.19. The lowest BCUT2D eigenvalue weighted by Gasteiger charge is -2.49. The number of para-hydroxylation sites is 1. The Morgan fingerprint density at radius 2 is 1.66 bits per heavy atom. The topological polar surface area (TPSA) is 134 Å². The highest BCUT2D eigenvalue weighted by Crippen LogP contribution is 2.67. The van der Waals surface area contributed by atoms with Gasteiger partial charge in [0.2, 0.25) is 0 Å². The van der Waals surface area contributed by atoms with Crippen LogP contribution in [0.4, 0.5) is 17.1 Å². The number of nitro groups is 1. The van der Waals surface area contributed by atoms with Crippen LogP contribution in [-0.2, 0) is 30.3 Å². The van der Waals surface area contributed by atoms with E-state index in [1.54, 1.807) is 43.3 Å². The molecule has 11 heteroatoms. The second-order valence-electron chi connectivity index (χ2n) is 9.19. The monoisotopic (exact) mass is 480 g/mol. The van der Waals surface area contributed by atoms with Crippen molar-refractivity contribution >= 4 is 34.8 Å². The van der Waals surface area contributed by atoms with E-state index < -0.39 is 39.3 Å². The Kier molecular flexibility index (Phi) is 4.65. The van der Waals surface area contributed by atoms with Gasteiger partial charge in [0.05, 0.1) is 17.7 Å². The van der Waals surface area contributed by atoms with Gasteiger partial charge in [-0.25, -0.2) is 0 Å². The van der Waals surface area contributed by atoms with Crippen LogP contribution in [0.5, 0.6) is 0 Å². The molecule has 1 saturated heterocycles. The summed E-state index contributed by atoms with van der Waals surface area (Å²) in [5.41, 5.74) is -5.87. The highest BCUT2D eigenvalue weighted by molar-refractivity contribution is 6.16. The maximum Gasteiger partial charge on any atom is 0.318 e. The number of anilines is 2. The predicted molar refractivity (Wildman–Crippen MR) is 124 cm³/mol. The molecule has 0 aliphatic carbocycles. The smallest absolute Gasteiger partial charge is 0.318 e. The number of esters is 1. The van der Waals surface area contributed by atoms with Crippen LogP contribution in [0.3, 0.4) is 0 Å². The first-order valence-electron chi connectivity index (χ1n) is 11.0. The van der Waals surface area contributed by atoms with Gasteiger partial charge >= 0.3 is 5.97 Å². The quantitative estimate of drug-likeness (QED) is 0.393. The number of ether oxygens (including phenoxy) is 1. The molecule has 3 atom stereocenters. The Labute approximate surface area is 200 Å². The van der Waals surface area contributed by atoms with Crippen molar-refractivity contribution in [1.82, 2.24) is 4.90 Å². The number of likely N-dealkylation sites (tertiary alicyclic amines) is 1. The van der Waals surface area contributed by atoms with E-state index in [1.165, 1.54) is 24.1 Å². The van der Waals surface area contributed by atoms with Gasteiger partial charge in [0, 0.05) is 49.6 Å². The summed E-state index contributed by atoms with van der Waals surface area (Å²) in [4.78, 5) is 57.1. The maximum absolute atomic E-state index is 14.1. The average molecular weight is 480 g/mol. The van der Waals surface area contributed by atoms with Gasteiger partial charge in [-0.05, 0) is 25.6 Å². The molecule has 0 aromatic heterocycles. The SMILES string of the molecule is COC(=O)C1(C2(O)C(=O)N(C)c3ccc([N+](=O)[O-])cc32)CCN(C)C12C(=O)N(C)c1ccccc12. The molecule has 3 aliphatic heterocycles. The zero-order chi connectivity index (χ0) is 25.5. The number of methoxy groups -OCH3 is 1. The fraction of sp³-hybridized carbons (Fsp3) is 0.375. The van der Waals surface area contributed by atoms with Crippen LogP contribution in [-0.4, -0.2) is 67.5 Å². The number of carbonyl (C=O) groups excluding carboxylic acids is 3. The highest BCUT2D eigenvalue weighted by Gasteiger charge is 2.82. The van der Waals surface area contributed by atoms with E-state index in [-0.39, 0.29) is 29.9 Å². The summed E-state index contributed by atoms with van der Waals surface area (Å²) in [6.45, 7) is 0.173. The van der Waals surface area contributed by atoms with Crippen LogP contribution in [0.15, 0.2) is 42.5 Å². The van der Waals surface area contributed by atoms with E-state index in [0.717, 1.165) is 18.1 Å². The predicted octanol–water partition coefficient (Wildman–Crippen LogP) is 1.13. The Morgan fingerprint density at radius 3 is 2.31 bits per heavy atom. The minimum atomic E-state index is -2.63. The molecule has 182 valence electrons. The summed E-state index contributed by atoms with van der Waals surface area (Å²) in [5.74, 6) is -2.33. The van der Waals surface area contributed by atoms with Crippen molar-refractivity contribution in [3.05, 3.63) is 63.7 Å². The van der Waals surface area contributed by atoms with Crippen molar-refractivity contribution in [2.24, 2.45) is 5.41 Å². The number of non-ortho nitro benzene ring substituents is 1. The second kappa shape index (κ2) is 7.09. The standard InChI is InChI=1S/C24H24N4O7/c1-25-12-11-22(21(31)35-4,23(25)15-7-5-6-8-17(15)26(2)19(23)29)24(32)16-13-14(28(33)34)9-10-18(16)27(3)20(24)30/h5-10,13,32H,11-12H2,1-4H3. The Balaban J connectivity index is 1.93. The third-order valence-electron chi connectivity index (χ3n) is 7.99. The minimum absolute atomic E-state index is 0.109. The molecule has 2 aromatic carbocycles. The van der Waals surface area contributed by atoms with Gasteiger partial charge in [0.25, 0.3) is 17.5 Å². The maximum atomic E-state index is 14.1. The molecule has 1 fully saturated rings. The number of amides is 2. The van der Waals surface area contributed by atoms with Crippen LogP contribution in [0.1, 0.15) is 17.5 Å². The summed E-state index contributed by atoms with van der Waals surface area (Å²) in [6, 6.07) is 10.6. The Bertz CT molecular complexity index is 1330. The van der Waals surface area contributed by atoms with Crippen molar-refractivity contribution in [3.8, 4) is 0 Å². The van der Waals surface area contributed by atoms with Gasteiger partial charge in [-0.2, -0.15) is 0 Å². The molecule has 3 aliphatic rings. The summed E-state index contributed by atoms with van der Waals surface area (Å²) in [6.07, 6.45) is -0.109. The number of likely N-dealkylation sites (N-methyl/N-ethyl adjacent to an activating group) is 3. The van der Waals surface area contributed by atoms with E-state index in [0.29, 0.717) is 11.3 Å². The minimum Gasteiger partial charge on any atom is -0.468 e. The number of benzene rings is 2. The normalized spacial score (nSPS) is 29.6. The van der Waals surface area contributed by atoms with Crippen molar-refractivity contribution in [3.63, 3.8) is 0 Å². The van der Waals surface area contributed by atoms with E-state index in [9.17, 15) is 29.6 Å². The van der Waals surface area contributed by atoms with Crippen molar-refractivity contribution in [1.29, 1.82) is 0 Å².